The molecule has 1 aliphatic heterocycles. The van der Waals surface area contributed by atoms with Gasteiger partial charge in [0.1, 0.15) is 0 Å². The van der Waals surface area contributed by atoms with Crippen molar-refractivity contribution in [3.05, 3.63) is 15.8 Å². The molecule has 2 unspecified atom stereocenters. The summed E-state index contributed by atoms with van der Waals surface area (Å²) < 4.78 is 0. The quantitative estimate of drug-likeness (QED) is 0.886. The van der Waals surface area contributed by atoms with E-state index in [-0.39, 0.29) is 5.91 Å². The second kappa shape index (κ2) is 4.90. The summed E-state index contributed by atoms with van der Waals surface area (Å²) in [6.45, 7) is 5.79. The maximum Gasteiger partial charge on any atom is 0.264 e. The topological polar surface area (TPSA) is 49.6 Å². The van der Waals surface area contributed by atoms with Crippen LogP contribution in [0.3, 0.4) is 0 Å². The number of aryl methyl sites for hydroxylation is 1. The number of hydrogen-bond acceptors (Lipinski definition) is 4. The molecule has 0 spiro atoms. The van der Waals surface area contributed by atoms with Crippen LogP contribution in [0.2, 0.25) is 0 Å². The molecule has 2 N–H and O–H groups in total. The van der Waals surface area contributed by atoms with Gasteiger partial charge in [0, 0.05) is 29.7 Å². The molecule has 0 aromatic carbocycles. The fourth-order valence-corrected chi connectivity index (χ4v) is 3.45. The van der Waals surface area contributed by atoms with Crippen molar-refractivity contribution in [2.45, 2.75) is 19.9 Å². The second-order valence-corrected chi connectivity index (χ2v) is 6.60. The number of likely N-dealkylation sites (N-methyl/N-ethyl adjacent to an activating group) is 1. The van der Waals surface area contributed by atoms with Crippen LogP contribution in [0.4, 0.5) is 5.69 Å². The van der Waals surface area contributed by atoms with Gasteiger partial charge in [-0.2, -0.15) is 0 Å². The molecule has 100 valence electrons. The normalized spacial score (nSPS) is 23.9. The molecule has 1 saturated heterocycles. The molecule has 1 aromatic heterocycles. The summed E-state index contributed by atoms with van der Waals surface area (Å²) in [5, 5.41) is 0. The van der Waals surface area contributed by atoms with Gasteiger partial charge in [0.2, 0.25) is 0 Å². The third-order valence-corrected chi connectivity index (χ3v) is 4.74. The lowest BCUT2D eigenvalue weighted by Crippen LogP contribution is -2.35. The van der Waals surface area contributed by atoms with E-state index in [9.17, 15) is 4.79 Å². The highest BCUT2D eigenvalue weighted by Gasteiger charge is 2.34. The summed E-state index contributed by atoms with van der Waals surface area (Å²) in [6.07, 6.45) is 0. The molecule has 5 heteroatoms. The predicted molar refractivity (Wildman–Crippen MR) is 76.0 cm³/mol. The van der Waals surface area contributed by atoms with Crippen LogP contribution in [0.15, 0.2) is 6.07 Å². The molecule has 2 heterocycles. The van der Waals surface area contributed by atoms with Crippen molar-refractivity contribution in [3.8, 4) is 0 Å². The highest BCUT2D eigenvalue weighted by atomic mass is 32.1. The van der Waals surface area contributed by atoms with E-state index in [4.69, 9.17) is 5.73 Å². The molecule has 0 radical (unpaired) electrons. The van der Waals surface area contributed by atoms with Crippen molar-refractivity contribution in [2.75, 3.05) is 32.9 Å². The molecule has 0 saturated carbocycles. The molecular weight excluding hydrogens is 246 g/mol. The van der Waals surface area contributed by atoms with Gasteiger partial charge in [-0.25, -0.2) is 0 Å². The Kier molecular flexibility index (Phi) is 3.64. The summed E-state index contributed by atoms with van der Waals surface area (Å²) in [5.74, 6) is 0.637. The average molecular weight is 267 g/mol. The van der Waals surface area contributed by atoms with E-state index in [1.807, 2.05) is 11.8 Å². The van der Waals surface area contributed by atoms with Crippen molar-refractivity contribution in [2.24, 2.45) is 5.92 Å². The highest BCUT2D eigenvalue weighted by molar-refractivity contribution is 7.14. The molecule has 1 aliphatic rings. The van der Waals surface area contributed by atoms with Gasteiger partial charge in [-0.05, 0) is 33.0 Å². The first-order chi connectivity index (χ1) is 8.40. The highest BCUT2D eigenvalue weighted by Crippen LogP contribution is 2.27. The largest absolute Gasteiger partial charge is 0.398 e. The van der Waals surface area contributed by atoms with Gasteiger partial charge in [0.05, 0.1) is 4.88 Å². The minimum Gasteiger partial charge on any atom is -0.398 e. The fraction of sp³-hybridized carbons (Fsp3) is 0.615. The first-order valence-electron chi connectivity index (χ1n) is 6.21. The van der Waals surface area contributed by atoms with Crippen LogP contribution in [0.25, 0.3) is 0 Å². The van der Waals surface area contributed by atoms with Crippen LogP contribution in [0.5, 0.6) is 0 Å². The molecular formula is C13H21N3OS. The Bertz CT molecular complexity index is 436. The smallest absolute Gasteiger partial charge is 0.264 e. The van der Waals surface area contributed by atoms with Crippen LogP contribution >= 0.6 is 11.3 Å². The lowest BCUT2D eigenvalue weighted by molar-refractivity contribution is 0.0786. The van der Waals surface area contributed by atoms with E-state index < -0.39 is 0 Å². The number of nitrogens with two attached hydrogens (primary N) is 1. The summed E-state index contributed by atoms with van der Waals surface area (Å²) in [4.78, 5) is 18.3. The molecule has 4 nitrogen and oxygen atoms in total. The van der Waals surface area contributed by atoms with Gasteiger partial charge in [-0.1, -0.05) is 6.92 Å². The van der Waals surface area contributed by atoms with E-state index in [1.165, 1.54) is 11.3 Å². The lowest BCUT2D eigenvalue weighted by Gasteiger charge is -2.22. The van der Waals surface area contributed by atoms with Gasteiger partial charge in [-0.3, -0.25) is 4.79 Å². The maximum atomic E-state index is 12.4. The minimum absolute atomic E-state index is 0.121. The number of nitrogens with zero attached hydrogens (tertiary/aromatic N) is 2. The first-order valence-corrected chi connectivity index (χ1v) is 7.03. The standard InChI is InChI=1S/C13H21N3OS/c1-8-6-16(7-11(8)15(3)4)13(17)12-5-10(14)9(2)18-12/h5,8,11H,6-7,14H2,1-4H3. The molecule has 1 fully saturated rings. The van der Waals surface area contributed by atoms with Gasteiger partial charge in [0.15, 0.2) is 0 Å². The first kappa shape index (κ1) is 13.4. The van der Waals surface area contributed by atoms with Crippen LogP contribution < -0.4 is 5.73 Å². The van der Waals surface area contributed by atoms with E-state index >= 15 is 0 Å². The number of nitrogen functional groups attached to an aromatic ring is 1. The van der Waals surface area contributed by atoms with Crippen LogP contribution in [0.1, 0.15) is 21.5 Å². The third-order valence-electron chi connectivity index (χ3n) is 3.69. The van der Waals surface area contributed by atoms with Crippen molar-refractivity contribution >= 4 is 22.9 Å². The SMILES string of the molecule is Cc1sc(C(=O)N2CC(C)C(N(C)C)C2)cc1N. The molecule has 2 rings (SSSR count). The Morgan fingerprint density at radius 3 is 2.61 bits per heavy atom. The number of amides is 1. The summed E-state index contributed by atoms with van der Waals surface area (Å²) in [6, 6.07) is 2.25. The predicted octanol–water partition coefficient (Wildman–Crippen LogP) is 1.66. The molecule has 18 heavy (non-hydrogen) atoms. The second-order valence-electron chi connectivity index (χ2n) is 5.34. The molecule has 1 amide bonds. The Morgan fingerprint density at radius 1 is 1.50 bits per heavy atom. The molecule has 0 aliphatic carbocycles. The van der Waals surface area contributed by atoms with Crippen molar-refractivity contribution in [1.82, 2.24) is 9.80 Å². The number of hydrogen-bond donors (Lipinski definition) is 1. The number of likely N-dealkylation sites (tertiary alicyclic amines) is 1. The number of carbonyl (C=O) groups is 1. The van der Waals surface area contributed by atoms with Crippen molar-refractivity contribution in [3.63, 3.8) is 0 Å². The third kappa shape index (κ3) is 2.37. The zero-order valence-corrected chi connectivity index (χ0v) is 12.3. The lowest BCUT2D eigenvalue weighted by atomic mass is 10.1. The number of thiophene rings is 1. The van der Waals surface area contributed by atoms with Gasteiger partial charge >= 0.3 is 0 Å². The Balaban J connectivity index is 2.12. The molecule has 1 aromatic rings. The van der Waals surface area contributed by atoms with E-state index in [1.54, 1.807) is 6.07 Å². The van der Waals surface area contributed by atoms with Gasteiger partial charge in [0.25, 0.3) is 5.91 Å². The zero-order valence-electron chi connectivity index (χ0n) is 11.4. The molecule has 2 atom stereocenters. The number of carbonyl (C=O) groups excluding carboxylic acids is 1. The van der Waals surface area contributed by atoms with E-state index in [2.05, 4.69) is 25.9 Å². The van der Waals surface area contributed by atoms with Crippen LogP contribution in [-0.2, 0) is 0 Å². The van der Waals surface area contributed by atoms with Gasteiger partial charge < -0.3 is 15.5 Å². The van der Waals surface area contributed by atoms with E-state index in [0.29, 0.717) is 12.0 Å². The Morgan fingerprint density at radius 2 is 2.17 bits per heavy atom. The summed E-state index contributed by atoms with van der Waals surface area (Å²) in [7, 11) is 4.14. The van der Waals surface area contributed by atoms with Crippen LogP contribution in [0, 0.1) is 12.8 Å². The average Bonchev–Trinajstić information content (AvgIpc) is 2.82. The zero-order chi connectivity index (χ0) is 13.4. The monoisotopic (exact) mass is 267 g/mol. The maximum absolute atomic E-state index is 12.4. The number of rotatable bonds is 2. The minimum atomic E-state index is 0.121. The Hall–Kier alpha value is -1.07. The summed E-state index contributed by atoms with van der Waals surface area (Å²) in [5.41, 5.74) is 6.53. The Labute approximate surface area is 112 Å². The fourth-order valence-electron chi connectivity index (χ4n) is 2.55. The number of anilines is 1. The van der Waals surface area contributed by atoms with Crippen LogP contribution in [-0.4, -0.2) is 48.9 Å². The summed E-state index contributed by atoms with van der Waals surface area (Å²) >= 11 is 1.49. The molecule has 0 bridgehead atoms. The van der Waals surface area contributed by atoms with E-state index in [0.717, 1.165) is 28.5 Å². The van der Waals surface area contributed by atoms with Crippen molar-refractivity contribution in [1.29, 1.82) is 0 Å². The van der Waals surface area contributed by atoms with Gasteiger partial charge in [-0.15, -0.1) is 11.3 Å². The van der Waals surface area contributed by atoms with Crippen molar-refractivity contribution < 1.29 is 4.79 Å².